The Morgan fingerprint density at radius 1 is 0.970 bits per heavy atom. The maximum atomic E-state index is 13.1. The standard InChI is InChI=1S/C25H22N4O4/c1-18(19-10-4-2-5-11-19)28-33-16-23-26-22-15-9-8-14-21(22)25(31)29(23)27-24(30)17-32-20-12-6-3-7-13-20/h2-15H,16-17H2,1H3,(H,27,30). The van der Waals surface area contributed by atoms with Crippen molar-refractivity contribution in [2.45, 2.75) is 13.5 Å². The Labute approximate surface area is 190 Å². The minimum atomic E-state index is -0.511. The smallest absolute Gasteiger partial charge is 0.280 e. The third kappa shape index (κ3) is 5.43. The number of ether oxygens (including phenoxy) is 1. The van der Waals surface area contributed by atoms with Crippen LogP contribution in [-0.2, 0) is 16.2 Å². The second-order valence-corrected chi connectivity index (χ2v) is 7.14. The number of amides is 1. The van der Waals surface area contributed by atoms with Crippen LogP contribution in [0.5, 0.6) is 5.75 Å². The number of aromatic nitrogens is 2. The Kier molecular flexibility index (Phi) is 6.75. The van der Waals surface area contributed by atoms with Crippen molar-refractivity contribution in [3.8, 4) is 5.75 Å². The first-order valence-electron chi connectivity index (χ1n) is 10.3. The maximum absolute atomic E-state index is 13.1. The molecule has 0 atom stereocenters. The van der Waals surface area contributed by atoms with E-state index in [0.717, 1.165) is 10.2 Å². The van der Waals surface area contributed by atoms with Gasteiger partial charge in [0.2, 0.25) is 0 Å². The van der Waals surface area contributed by atoms with Crippen LogP contribution in [0.4, 0.5) is 0 Å². The molecule has 1 amide bonds. The topological polar surface area (TPSA) is 94.8 Å². The van der Waals surface area contributed by atoms with Gasteiger partial charge in [-0.2, -0.15) is 4.68 Å². The highest BCUT2D eigenvalue weighted by Gasteiger charge is 2.14. The Bertz CT molecular complexity index is 1340. The van der Waals surface area contributed by atoms with E-state index in [1.165, 1.54) is 0 Å². The number of fused-ring (bicyclic) bond motifs is 1. The lowest BCUT2D eigenvalue weighted by Crippen LogP contribution is -2.38. The van der Waals surface area contributed by atoms with Crippen LogP contribution >= 0.6 is 0 Å². The number of hydrogen-bond donors (Lipinski definition) is 1. The van der Waals surface area contributed by atoms with E-state index in [1.807, 2.05) is 43.3 Å². The molecular weight excluding hydrogens is 420 g/mol. The third-order valence-electron chi connectivity index (χ3n) is 4.78. The summed E-state index contributed by atoms with van der Waals surface area (Å²) in [5.74, 6) is 0.241. The molecule has 0 fully saturated rings. The van der Waals surface area contributed by atoms with Crippen molar-refractivity contribution in [1.82, 2.24) is 9.66 Å². The molecule has 0 aliphatic rings. The van der Waals surface area contributed by atoms with Crippen LogP contribution in [0, 0.1) is 0 Å². The van der Waals surface area contributed by atoms with E-state index in [4.69, 9.17) is 9.57 Å². The summed E-state index contributed by atoms with van der Waals surface area (Å²) in [6.07, 6.45) is 0. The zero-order chi connectivity index (χ0) is 23.0. The minimum Gasteiger partial charge on any atom is -0.484 e. The van der Waals surface area contributed by atoms with E-state index >= 15 is 0 Å². The summed E-state index contributed by atoms with van der Waals surface area (Å²) in [4.78, 5) is 35.5. The average molecular weight is 442 g/mol. The Hall–Kier alpha value is -4.46. The molecular formula is C25H22N4O4. The fraction of sp³-hybridized carbons (Fsp3) is 0.120. The lowest BCUT2D eigenvalue weighted by Gasteiger charge is -2.14. The van der Waals surface area contributed by atoms with Gasteiger partial charge in [0.05, 0.1) is 16.6 Å². The molecule has 1 aromatic heterocycles. The molecule has 0 bridgehead atoms. The zero-order valence-corrected chi connectivity index (χ0v) is 18.0. The molecule has 4 aromatic rings. The van der Waals surface area contributed by atoms with Crippen LogP contribution in [-0.4, -0.2) is 27.9 Å². The summed E-state index contributed by atoms with van der Waals surface area (Å²) < 4.78 is 6.54. The summed E-state index contributed by atoms with van der Waals surface area (Å²) in [5, 5.41) is 4.49. The molecule has 8 nitrogen and oxygen atoms in total. The SMILES string of the molecule is CC(=NOCc1nc2ccccc2c(=O)n1NC(=O)COc1ccccc1)c1ccccc1. The molecule has 1 heterocycles. The van der Waals surface area contributed by atoms with Crippen LogP contribution in [0.3, 0.4) is 0 Å². The van der Waals surface area contributed by atoms with Crippen molar-refractivity contribution < 1.29 is 14.4 Å². The number of nitrogens with zero attached hydrogens (tertiary/aromatic N) is 3. The zero-order valence-electron chi connectivity index (χ0n) is 18.0. The van der Waals surface area contributed by atoms with Gasteiger partial charge in [-0.05, 0) is 36.8 Å². The summed E-state index contributed by atoms with van der Waals surface area (Å²) in [7, 11) is 0. The molecule has 0 radical (unpaired) electrons. The first kappa shape index (κ1) is 21.8. The number of para-hydroxylation sites is 2. The quantitative estimate of drug-likeness (QED) is 0.333. The Morgan fingerprint density at radius 2 is 1.64 bits per heavy atom. The lowest BCUT2D eigenvalue weighted by atomic mass is 10.1. The Morgan fingerprint density at radius 3 is 2.39 bits per heavy atom. The van der Waals surface area contributed by atoms with Gasteiger partial charge < -0.3 is 9.57 Å². The summed E-state index contributed by atoms with van der Waals surface area (Å²) in [6, 6.07) is 25.4. The van der Waals surface area contributed by atoms with Gasteiger partial charge in [-0.1, -0.05) is 65.8 Å². The predicted molar refractivity (Wildman–Crippen MR) is 126 cm³/mol. The second kappa shape index (κ2) is 10.2. The van der Waals surface area contributed by atoms with E-state index in [2.05, 4.69) is 15.6 Å². The molecule has 4 rings (SSSR count). The first-order valence-corrected chi connectivity index (χ1v) is 10.3. The number of oxime groups is 1. The van der Waals surface area contributed by atoms with Crippen LogP contribution in [0.2, 0.25) is 0 Å². The van der Waals surface area contributed by atoms with Gasteiger partial charge in [-0.15, -0.1) is 0 Å². The number of carbonyl (C=O) groups is 1. The van der Waals surface area contributed by atoms with Crippen molar-refractivity contribution in [2.75, 3.05) is 12.0 Å². The molecule has 0 unspecified atom stereocenters. The van der Waals surface area contributed by atoms with Gasteiger partial charge in [-0.3, -0.25) is 15.0 Å². The largest absolute Gasteiger partial charge is 0.484 e. The van der Waals surface area contributed by atoms with Gasteiger partial charge in [0, 0.05) is 0 Å². The number of carbonyl (C=O) groups excluding carboxylic acids is 1. The van der Waals surface area contributed by atoms with Crippen molar-refractivity contribution in [3.05, 3.63) is 107 Å². The predicted octanol–water partition coefficient (Wildman–Crippen LogP) is 3.49. The summed E-state index contributed by atoms with van der Waals surface area (Å²) in [6.45, 7) is 1.43. The van der Waals surface area contributed by atoms with E-state index < -0.39 is 11.5 Å². The molecule has 33 heavy (non-hydrogen) atoms. The van der Waals surface area contributed by atoms with Crippen LogP contribution in [0.1, 0.15) is 18.3 Å². The molecule has 0 saturated carbocycles. The lowest BCUT2D eigenvalue weighted by molar-refractivity contribution is -0.119. The van der Waals surface area contributed by atoms with Gasteiger partial charge in [0.1, 0.15) is 5.75 Å². The van der Waals surface area contributed by atoms with Crippen LogP contribution in [0.15, 0.2) is 94.9 Å². The maximum Gasteiger partial charge on any atom is 0.280 e. The number of hydrogen-bond acceptors (Lipinski definition) is 6. The second-order valence-electron chi connectivity index (χ2n) is 7.14. The van der Waals surface area contributed by atoms with Gasteiger partial charge in [0.25, 0.3) is 11.5 Å². The number of benzene rings is 3. The van der Waals surface area contributed by atoms with Gasteiger partial charge >= 0.3 is 0 Å². The van der Waals surface area contributed by atoms with Crippen molar-refractivity contribution in [2.24, 2.45) is 5.16 Å². The van der Waals surface area contributed by atoms with Crippen LogP contribution in [0.25, 0.3) is 10.9 Å². The number of rotatable bonds is 8. The van der Waals surface area contributed by atoms with Crippen molar-refractivity contribution in [1.29, 1.82) is 0 Å². The van der Waals surface area contributed by atoms with Gasteiger partial charge in [0.15, 0.2) is 19.0 Å². The van der Waals surface area contributed by atoms with Crippen molar-refractivity contribution in [3.63, 3.8) is 0 Å². The van der Waals surface area contributed by atoms with E-state index in [1.54, 1.807) is 48.5 Å². The average Bonchev–Trinajstić information content (AvgIpc) is 2.86. The molecule has 0 aliphatic heterocycles. The summed E-state index contributed by atoms with van der Waals surface area (Å²) >= 11 is 0. The van der Waals surface area contributed by atoms with E-state index in [9.17, 15) is 9.59 Å². The van der Waals surface area contributed by atoms with Crippen molar-refractivity contribution >= 4 is 22.5 Å². The fourth-order valence-electron chi connectivity index (χ4n) is 3.13. The van der Waals surface area contributed by atoms with Gasteiger partial charge in [-0.25, -0.2) is 4.98 Å². The molecule has 0 saturated heterocycles. The molecule has 166 valence electrons. The highest BCUT2D eigenvalue weighted by molar-refractivity contribution is 5.98. The van der Waals surface area contributed by atoms with E-state index in [0.29, 0.717) is 22.4 Å². The van der Waals surface area contributed by atoms with E-state index in [-0.39, 0.29) is 19.0 Å². The highest BCUT2D eigenvalue weighted by Crippen LogP contribution is 2.10. The number of nitrogens with one attached hydrogen (secondary N) is 1. The normalized spacial score (nSPS) is 11.2. The fourth-order valence-corrected chi connectivity index (χ4v) is 3.13. The summed E-state index contributed by atoms with van der Waals surface area (Å²) in [5.41, 5.74) is 4.22. The molecule has 8 heteroatoms. The molecule has 0 aliphatic carbocycles. The Balaban J connectivity index is 1.55. The van der Waals surface area contributed by atoms with Crippen LogP contribution < -0.4 is 15.7 Å². The monoisotopic (exact) mass is 442 g/mol. The minimum absolute atomic E-state index is 0.121. The molecule has 0 spiro atoms. The first-order chi connectivity index (χ1) is 16.1. The molecule has 1 N–H and O–H groups in total. The molecule has 3 aromatic carbocycles. The highest BCUT2D eigenvalue weighted by atomic mass is 16.6. The third-order valence-corrected chi connectivity index (χ3v) is 4.78.